The van der Waals surface area contributed by atoms with Gasteiger partial charge < -0.3 is 4.90 Å². The molecule has 0 aliphatic rings. The molecule has 0 spiro atoms. The normalized spacial score (nSPS) is 11.7. The van der Waals surface area contributed by atoms with Gasteiger partial charge in [0.25, 0.3) is 0 Å². The Morgan fingerprint density at radius 2 is 0.850 bits per heavy atom. The number of thiophene rings is 1. The molecule has 9 aromatic carbocycles. The van der Waals surface area contributed by atoms with Gasteiger partial charge in [0.15, 0.2) is 0 Å². The molecule has 0 saturated heterocycles. The highest BCUT2D eigenvalue weighted by Gasteiger charge is 2.21. The molecular formula is C56H36N2S2. The van der Waals surface area contributed by atoms with Gasteiger partial charge in [0.05, 0.1) is 26.1 Å². The Labute approximate surface area is 356 Å². The van der Waals surface area contributed by atoms with Gasteiger partial charge in [0.1, 0.15) is 4.83 Å². The lowest BCUT2D eigenvalue weighted by Gasteiger charge is -2.26. The summed E-state index contributed by atoms with van der Waals surface area (Å²) < 4.78 is 6.34. The third-order valence-corrected chi connectivity index (χ3v) is 14.3. The highest BCUT2D eigenvalue weighted by molar-refractivity contribution is 7.26. The second-order valence-electron chi connectivity index (χ2n) is 15.3. The molecule has 12 rings (SSSR count). The maximum Gasteiger partial charge on any atom is 0.109 e. The number of anilines is 3. The zero-order valence-electron chi connectivity index (χ0n) is 32.5. The molecule has 3 heterocycles. The van der Waals surface area contributed by atoms with Crippen LogP contribution in [0.3, 0.4) is 0 Å². The zero-order valence-corrected chi connectivity index (χ0v) is 34.1. The van der Waals surface area contributed by atoms with Crippen molar-refractivity contribution in [1.29, 1.82) is 0 Å². The van der Waals surface area contributed by atoms with Crippen LogP contribution in [0.1, 0.15) is 0 Å². The SMILES string of the molecule is c1ccc(-c2ccc(-c3ccc(N(c4ccc(-c5cccc6c5sc5c(-c7ccccc7)c7ccccc7n56)cc4)c4cccc5c4sc4ccccc45)cc3)cc2)cc1. The van der Waals surface area contributed by atoms with Crippen molar-refractivity contribution in [3.63, 3.8) is 0 Å². The van der Waals surface area contributed by atoms with Crippen molar-refractivity contribution in [2.45, 2.75) is 0 Å². The maximum absolute atomic E-state index is 2.46. The molecule has 60 heavy (non-hydrogen) atoms. The van der Waals surface area contributed by atoms with Crippen molar-refractivity contribution < 1.29 is 0 Å². The van der Waals surface area contributed by atoms with E-state index in [0.717, 1.165) is 11.4 Å². The van der Waals surface area contributed by atoms with E-state index in [2.05, 4.69) is 228 Å². The van der Waals surface area contributed by atoms with Crippen LogP contribution in [0.5, 0.6) is 0 Å². The van der Waals surface area contributed by atoms with Crippen molar-refractivity contribution in [3.8, 4) is 44.5 Å². The van der Waals surface area contributed by atoms with E-state index >= 15 is 0 Å². The van der Waals surface area contributed by atoms with Crippen LogP contribution in [0.4, 0.5) is 17.1 Å². The van der Waals surface area contributed by atoms with E-state index < -0.39 is 0 Å². The van der Waals surface area contributed by atoms with E-state index in [1.807, 2.05) is 22.7 Å². The average molecular weight is 801 g/mol. The molecule has 0 amide bonds. The third-order valence-electron chi connectivity index (χ3n) is 11.8. The summed E-state index contributed by atoms with van der Waals surface area (Å²) in [6.45, 7) is 0. The minimum atomic E-state index is 1.12. The average Bonchev–Trinajstić information content (AvgIpc) is 4.00. The molecule has 0 saturated carbocycles. The van der Waals surface area contributed by atoms with Crippen molar-refractivity contribution in [2.75, 3.05) is 4.90 Å². The van der Waals surface area contributed by atoms with Gasteiger partial charge in [-0.2, -0.15) is 0 Å². The molecule has 3 aromatic heterocycles. The number of thiazole rings is 1. The lowest BCUT2D eigenvalue weighted by molar-refractivity contribution is 1.30. The van der Waals surface area contributed by atoms with Crippen LogP contribution >= 0.6 is 22.7 Å². The van der Waals surface area contributed by atoms with E-state index in [9.17, 15) is 0 Å². The molecule has 4 heteroatoms. The molecule has 0 radical (unpaired) electrons. The van der Waals surface area contributed by atoms with Gasteiger partial charge in [-0.1, -0.05) is 170 Å². The summed E-state index contributed by atoms with van der Waals surface area (Å²) in [5, 5.41) is 3.87. The van der Waals surface area contributed by atoms with Crippen molar-refractivity contribution in [2.24, 2.45) is 0 Å². The van der Waals surface area contributed by atoms with Crippen LogP contribution in [0.25, 0.3) is 90.6 Å². The molecule has 0 N–H and O–H groups in total. The molecule has 2 nitrogen and oxygen atoms in total. The predicted octanol–water partition coefficient (Wildman–Crippen LogP) is 16.8. The molecule has 12 aromatic rings. The van der Waals surface area contributed by atoms with E-state index in [0.29, 0.717) is 0 Å². The lowest BCUT2D eigenvalue weighted by Crippen LogP contribution is -2.10. The van der Waals surface area contributed by atoms with E-state index in [1.165, 1.54) is 96.3 Å². The summed E-state index contributed by atoms with van der Waals surface area (Å²) in [6.07, 6.45) is 0. The number of aromatic nitrogens is 1. The topological polar surface area (TPSA) is 7.65 Å². The molecule has 0 atom stereocenters. The number of hydrogen-bond donors (Lipinski definition) is 0. The summed E-state index contributed by atoms with van der Waals surface area (Å²) in [4.78, 5) is 3.71. The van der Waals surface area contributed by atoms with Crippen LogP contribution in [0, 0.1) is 0 Å². The number of benzene rings is 9. The van der Waals surface area contributed by atoms with Gasteiger partial charge >= 0.3 is 0 Å². The molecule has 0 unspecified atom stereocenters. The predicted molar refractivity (Wildman–Crippen MR) is 260 cm³/mol. The van der Waals surface area contributed by atoms with E-state index in [-0.39, 0.29) is 0 Å². The first-order valence-corrected chi connectivity index (χ1v) is 22.0. The smallest absolute Gasteiger partial charge is 0.109 e. The van der Waals surface area contributed by atoms with Crippen LogP contribution in [-0.2, 0) is 0 Å². The molecular weight excluding hydrogens is 765 g/mol. The first kappa shape index (κ1) is 34.8. The lowest BCUT2D eigenvalue weighted by atomic mass is 10.00. The maximum atomic E-state index is 2.46. The van der Waals surface area contributed by atoms with Crippen LogP contribution < -0.4 is 4.90 Å². The van der Waals surface area contributed by atoms with Crippen molar-refractivity contribution in [3.05, 3.63) is 218 Å². The highest BCUT2D eigenvalue weighted by Crippen LogP contribution is 2.47. The van der Waals surface area contributed by atoms with Crippen LogP contribution in [0.2, 0.25) is 0 Å². The monoisotopic (exact) mass is 800 g/mol. The summed E-state index contributed by atoms with van der Waals surface area (Å²) in [5.41, 5.74) is 15.7. The van der Waals surface area contributed by atoms with Crippen LogP contribution in [0.15, 0.2) is 218 Å². The standard InChI is InChI=1S/C56H36N2S2/c1-3-13-37(14-4-1)38-25-27-39(28-26-38)40-29-33-43(34-30-40)57(50-22-12-20-47-46-17-8-10-24-52(46)59-55(47)50)44-35-31-41(32-36-44)45-19-11-23-51-54(45)60-56-53(42-15-5-2-6-16-42)48-18-7-9-21-49(48)58(51)56/h1-36H. The second-order valence-corrected chi connectivity index (χ2v) is 17.3. The number of para-hydroxylation sites is 1. The Bertz CT molecular complexity index is 3500. The van der Waals surface area contributed by atoms with Gasteiger partial charge in [-0.15, -0.1) is 22.7 Å². The Morgan fingerprint density at radius 3 is 1.55 bits per heavy atom. The first-order chi connectivity index (χ1) is 29.8. The van der Waals surface area contributed by atoms with Gasteiger partial charge in [0, 0.05) is 43.4 Å². The number of hydrogen-bond acceptors (Lipinski definition) is 3. The van der Waals surface area contributed by atoms with Gasteiger partial charge in [-0.3, -0.25) is 4.40 Å². The zero-order chi connectivity index (χ0) is 39.6. The summed E-state index contributed by atoms with van der Waals surface area (Å²) in [7, 11) is 0. The minimum Gasteiger partial charge on any atom is -0.309 e. The summed E-state index contributed by atoms with van der Waals surface area (Å²) >= 11 is 3.76. The highest BCUT2D eigenvalue weighted by atomic mass is 32.1. The number of nitrogens with zero attached hydrogens (tertiary/aromatic N) is 2. The fourth-order valence-electron chi connectivity index (χ4n) is 8.98. The largest absolute Gasteiger partial charge is 0.309 e. The Morgan fingerprint density at radius 1 is 0.333 bits per heavy atom. The second kappa shape index (κ2) is 14.2. The van der Waals surface area contributed by atoms with Crippen molar-refractivity contribution in [1.82, 2.24) is 4.40 Å². The number of fused-ring (bicyclic) bond motifs is 8. The van der Waals surface area contributed by atoms with Gasteiger partial charge in [0.2, 0.25) is 0 Å². The van der Waals surface area contributed by atoms with Gasteiger partial charge in [-0.05, 0) is 81.9 Å². The van der Waals surface area contributed by atoms with E-state index in [1.54, 1.807) is 0 Å². The number of rotatable bonds is 7. The summed E-state index contributed by atoms with van der Waals surface area (Å²) in [5.74, 6) is 0. The third kappa shape index (κ3) is 5.68. The minimum absolute atomic E-state index is 1.12. The van der Waals surface area contributed by atoms with E-state index in [4.69, 9.17) is 0 Å². The molecule has 0 aliphatic heterocycles. The fraction of sp³-hybridized carbons (Fsp3) is 0. The molecule has 282 valence electrons. The van der Waals surface area contributed by atoms with Crippen LogP contribution in [-0.4, -0.2) is 4.40 Å². The Balaban J connectivity index is 0.969. The summed E-state index contributed by atoms with van der Waals surface area (Å²) in [6, 6.07) is 79.6. The molecule has 0 aliphatic carbocycles. The first-order valence-electron chi connectivity index (χ1n) is 20.3. The Hall–Kier alpha value is -7.24. The van der Waals surface area contributed by atoms with Crippen molar-refractivity contribution >= 4 is 85.9 Å². The quantitative estimate of drug-likeness (QED) is 0.156. The molecule has 0 bridgehead atoms. The fourth-order valence-corrected chi connectivity index (χ4v) is 11.6. The Kier molecular flexibility index (Phi) is 8.25. The van der Waals surface area contributed by atoms with Gasteiger partial charge in [-0.25, -0.2) is 0 Å². The molecule has 0 fully saturated rings.